The minimum Gasteiger partial charge on any atom is -0.370 e. The molecule has 1 aromatic carbocycles. The summed E-state index contributed by atoms with van der Waals surface area (Å²) in [7, 11) is 0. The molecule has 28 heavy (non-hydrogen) atoms. The van der Waals surface area contributed by atoms with Gasteiger partial charge in [0.15, 0.2) is 11.6 Å². The second-order valence-electron chi connectivity index (χ2n) is 8.63. The van der Waals surface area contributed by atoms with E-state index < -0.39 is 5.97 Å². The van der Waals surface area contributed by atoms with Gasteiger partial charge in [-0.2, -0.15) is 5.90 Å². The molecular formula is C23H31NO4. The monoisotopic (exact) mass is 385 g/mol. The second kappa shape index (κ2) is 8.82. The number of carbonyl (C=O) groups excluding carboxylic acids is 3. The number of carbonyl (C=O) groups is 3. The average Bonchev–Trinajstić information content (AvgIpc) is 2.65. The van der Waals surface area contributed by atoms with Crippen molar-refractivity contribution in [1.29, 1.82) is 0 Å². The van der Waals surface area contributed by atoms with Crippen molar-refractivity contribution in [2.24, 2.45) is 23.1 Å². The SMILES string of the molecule is CC1=C(C(=O)CC(C)C(C)C(=O)c2ccc(C(=O)ON)cc2)C(C)(C)CCC1. The predicted molar refractivity (Wildman–Crippen MR) is 109 cm³/mol. The first-order valence-corrected chi connectivity index (χ1v) is 9.87. The highest BCUT2D eigenvalue weighted by atomic mass is 16.7. The fraction of sp³-hybridized carbons (Fsp3) is 0.522. The molecule has 2 unspecified atom stereocenters. The van der Waals surface area contributed by atoms with E-state index in [1.165, 1.54) is 17.7 Å². The van der Waals surface area contributed by atoms with E-state index in [0.29, 0.717) is 12.0 Å². The topological polar surface area (TPSA) is 86.5 Å². The summed E-state index contributed by atoms with van der Waals surface area (Å²) in [6.07, 6.45) is 3.48. The highest BCUT2D eigenvalue weighted by molar-refractivity contribution is 6.00. The Balaban J connectivity index is 2.09. The minimum atomic E-state index is -0.648. The Bertz CT molecular complexity index is 789. The Hall–Kier alpha value is -2.27. The zero-order valence-corrected chi connectivity index (χ0v) is 17.5. The maximum Gasteiger partial charge on any atom is 0.356 e. The van der Waals surface area contributed by atoms with Gasteiger partial charge in [0.2, 0.25) is 0 Å². The molecule has 2 rings (SSSR count). The quantitative estimate of drug-likeness (QED) is 0.545. The summed E-state index contributed by atoms with van der Waals surface area (Å²) in [6.45, 7) is 10.1. The molecule has 1 aliphatic carbocycles. The van der Waals surface area contributed by atoms with Crippen molar-refractivity contribution in [3.63, 3.8) is 0 Å². The average molecular weight is 386 g/mol. The molecule has 1 aromatic rings. The summed E-state index contributed by atoms with van der Waals surface area (Å²) in [6, 6.07) is 6.22. The van der Waals surface area contributed by atoms with Crippen LogP contribution in [0, 0.1) is 17.3 Å². The van der Waals surface area contributed by atoms with Gasteiger partial charge in [0.25, 0.3) is 0 Å². The molecule has 0 aromatic heterocycles. The van der Waals surface area contributed by atoms with E-state index in [2.05, 4.69) is 25.6 Å². The van der Waals surface area contributed by atoms with E-state index in [1.54, 1.807) is 12.1 Å². The van der Waals surface area contributed by atoms with Crippen LogP contribution in [0.25, 0.3) is 0 Å². The molecule has 0 heterocycles. The van der Waals surface area contributed by atoms with Crippen LogP contribution in [0.5, 0.6) is 0 Å². The lowest BCUT2D eigenvalue weighted by Crippen LogP contribution is -2.29. The van der Waals surface area contributed by atoms with Crippen LogP contribution in [0.2, 0.25) is 0 Å². The molecule has 0 fully saturated rings. The first kappa shape index (κ1) is 22.0. The Kier molecular flexibility index (Phi) is 6.94. The van der Waals surface area contributed by atoms with Crippen molar-refractivity contribution in [2.45, 2.75) is 60.3 Å². The summed E-state index contributed by atoms with van der Waals surface area (Å²) >= 11 is 0. The number of hydrogen-bond donors (Lipinski definition) is 1. The lowest BCUT2D eigenvalue weighted by molar-refractivity contribution is -0.117. The third-order valence-electron chi connectivity index (χ3n) is 6.02. The van der Waals surface area contributed by atoms with Crippen LogP contribution in [0.15, 0.2) is 35.4 Å². The largest absolute Gasteiger partial charge is 0.370 e. The number of benzene rings is 1. The first-order valence-electron chi connectivity index (χ1n) is 9.87. The van der Waals surface area contributed by atoms with Crippen molar-refractivity contribution in [3.05, 3.63) is 46.5 Å². The molecule has 152 valence electrons. The van der Waals surface area contributed by atoms with Gasteiger partial charge in [-0.1, -0.05) is 45.4 Å². The van der Waals surface area contributed by atoms with Gasteiger partial charge in [-0.05, 0) is 55.2 Å². The minimum absolute atomic E-state index is 0.0402. The van der Waals surface area contributed by atoms with Crippen LogP contribution in [0.1, 0.15) is 81.0 Å². The van der Waals surface area contributed by atoms with E-state index in [1.807, 2.05) is 13.8 Å². The van der Waals surface area contributed by atoms with Gasteiger partial charge < -0.3 is 4.84 Å². The maximum absolute atomic E-state index is 13.0. The maximum atomic E-state index is 13.0. The molecular weight excluding hydrogens is 354 g/mol. The smallest absolute Gasteiger partial charge is 0.356 e. The third kappa shape index (κ3) is 4.76. The summed E-state index contributed by atoms with van der Waals surface area (Å²) in [4.78, 5) is 41.4. The molecule has 0 bridgehead atoms. The van der Waals surface area contributed by atoms with Crippen LogP contribution >= 0.6 is 0 Å². The molecule has 0 amide bonds. The third-order valence-corrected chi connectivity index (χ3v) is 6.02. The van der Waals surface area contributed by atoms with E-state index in [9.17, 15) is 14.4 Å². The molecule has 5 heteroatoms. The Morgan fingerprint density at radius 1 is 1.11 bits per heavy atom. The number of nitrogens with two attached hydrogens (primary N) is 1. The van der Waals surface area contributed by atoms with E-state index >= 15 is 0 Å². The molecule has 0 spiro atoms. The van der Waals surface area contributed by atoms with E-state index in [0.717, 1.165) is 24.8 Å². The number of rotatable bonds is 7. The fourth-order valence-corrected chi connectivity index (χ4v) is 4.17. The van der Waals surface area contributed by atoms with Gasteiger partial charge in [-0.15, -0.1) is 0 Å². The second-order valence-corrected chi connectivity index (χ2v) is 8.63. The lowest BCUT2D eigenvalue weighted by atomic mass is 9.69. The Morgan fingerprint density at radius 2 is 1.68 bits per heavy atom. The molecule has 2 N–H and O–H groups in total. The van der Waals surface area contributed by atoms with Gasteiger partial charge in [-0.25, -0.2) is 4.79 Å². The van der Waals surface area contributed by atoms with Gasteiger partial charge in [0.05, 0.1) is 5.56 Å². The molecule has 0 radical (unpaired) electrons. The molecule has 2 atom stereocenters. The number of allylic oxidation sites excluding steroid dienone is 2. The van der Waals surface area contributed by atoms with Crippen LogP contribution in [-0.2, 0) is 9.63 Å². The van der Waals surface area contributed by atoms with Gasteiger partial charge >= 0.3 is 5.97 Å². The number of Topliss-reactive ketones (excluding diaryl/α,β-unsaturated/α-hetero) is 2. The van der Waals surface area contributed by atoms with E-state index in [4.69, 9.17) is 5.90 Å². The molecule has 0 saturated heterocycles. The highest BCUT2D eigenvalue weighted by Crippen LogP contribution is 2.41. The van der Waals surface area contributed by atoms with Crippen molar-refractivity contribution in [2.75, 3.05) is 0 Å². The summed E-state index contributed by atoms with van der Waals surface area (Å²) in [5.74, 6) is 3.97. The molecule has 5 nitrogen and oxygen atoms in total. The van der Waals surface area contributed by atoms with Gasteiger partial charge in [-0.3, -0.25) is 9.59 Å². The first-order chi connectivity index (χ1) is 13.1. The van der Waals surface area contributed by atoms with Crippen LogP contribution in [0.3, 0.4) is 0 Å². The number of ketones is 2. The van der Waals surface area contributed by atoms with Crippen LogP contribution in [-0.4, -0.2) is 17.5 Å². The Labute approximate surface area is 167 Å². The van der Waals surface area contributed by atoms with Crippen LogP contribution < -0.4 is 5.90 Å². The fourth-order valence-electron chi connectivity index (χ4n) is 4.17. The highest BCUT2D eigenvalue weighted by Gasteiger charge is 2.34. The summed E-state index contributed by atoms with van der Waals surface area (Å²) < 4.78 is 0. The number of hydrogen-bond acceptors (Lipinski definition) is 5. The Morgan fingerprint density at radius 3 is 2.21 bits per heavy atom. The normalized spacial score (nSPS) is 18.4. The van der Waals surface area contributed by atoms with Gasteiger partial charge in [0, 0.05) is 17.9 Å². The molecule has 1 aliphatic rings. The molecule has 0 aliphatic heterocycles. The predicted octanol–water partition coefficient (Wildman–Crippen LogP) is 4.66. The summed E-state index contributed by atoms with van der Waals surface area (Å²) in [5, 5.41) is 0. The standard InChI is InChI=1S/C23H31NO4/c1-14-7-6-12-23(4,5)20(14)19(25)13-15(2)16(3)21(26)17-8-10-18(11-9-17)22(27)28-24/h8-11,15-16H,6-7,12-13,24H2,1-5H3. The van der Waals surface area contributed by atoms with Crippen molar-refractivity contribution >= 4 is 17.5 Å². The van der Waals surface area contributed by atoms with Gasteiger partial charge in [0.1, 0.15) is 0 Å². The zero-order chi connectivity index (χ0) is 21.1. The zero-order valence-electron chi connectivity index (χ0n) is 17.5. The van der Waals surface area contributed by atoms with Crippen molar-refractivity contribution in [3.8, 4) is 0 Å². The van der Waals surface area contributed by atoms with Crippen molar-refractivity contribution < 1.29 is 19.2 Å². The van der Waals surface area contributed by atoms with Crippen LogP contribution in [0.4, 0.5) is 0 Å². The van der Waals surface area contributed by atoms with Crippen molar-refractivity contribution in [1.82, 2.24) is 0 Å². The summed E-state index contributed by atoms with van der Waals surface area (Å²) in [5.41, 5.74) is 2.84. The molecule has 0 saturated carbocycles. The lowest BCUT2D eigenvalue weighted by Gasteiger charge is -2.34. The van der Waals surface area contributed by atoms with E-state index in [-0.39, 0.29) is 34.4 Å².